The lowest BCUT2D eigenvalue weighted by molar-refractivity contribution is 0.464. The third-order valence-corrected chi connectivity index (χ3v) is 2.85. The molecule has 0 aliphatic rings. The Hall–Kier alpha value is -1.77. The van der Waals surface area contributed by atoms with E-state index >= 15 is 0 Å². The number of aryl methyl sites for hydroxylation is 1. The molecular weight excluding hydrogens is 212 g/mol. The summed E-state index contributed by atoms with van der Waals surface area (Å²) in [6, 6.07) is 9.82. The van der Waals surface area contributed by atoms with E-state index < -0.39 is 0 Å². The molecule has 0 amide bonds. The summed E-state index contributed by atoms with van der Waals surface area (Å²) < 4.78 is 1.91. The summed E-state index contributed by atoms with van der Waals surface area (Å²) in [5, 5.41) is 14.7. The molecule has 1 heterocycles. The smallest absolute Gasteiger partial charge is 0.164 e. The lowest BCUT2D eigenvalue weighted by Crippen LogP contribution is -2.03. The standard InChI is InChI=1S/C14H18N2O/c1-3-10-16-12(4-2)14(17)13(15-16)11-8-6-5-7-9-11/h5-9,17H,3-4,10H2,1-2H3. The van der Waals surface area contributed by atoms with Crippen molar-refractivity contribution in [2.45, 2.75) is 33.2 Å². The van der Waals surface area contributed by atoms with Crippen LogP contribution < -0.4 is 0 Å². The molecule has 0 unspecified atom stereocenters. The first-order valence-corrected chi connectivity index (χ1v) is 6.12. The molecule has 0 radical (unpaired) electrons. The van der Waals surface area contributed by atoms with E-state index in [2.05, 4.69) is 12.0 Å². The lowest BCUT2D eigenvalue weighted by Gasteiger charge is -2.02. The molecule has 0 atom stereocenters. The highest BCUT2D eigenvalue weighted by Crippen LogP contribution is 2.31. The van der Waals surface area contributed by atoms with Crippen LogP contribution in [0.1, 0.15) is 26.0 Å². The fraction of sp³-hybridized carbons (Fsp3) is 0.357. The minimum absolute atomic E-state index is 0.326. The van der Waals surface area contributed by atoms with Crippen molar-refractivity contribution in [3.8, 4) is 17.0 Å². The van der Waals surface area contributed by atoms with E-state index in [4.69, 9.17) is 0 Å². The highest BCUT2D eigenvalue weighted by molar-refractivity contribution is 5.67. The van der Waals surface area contributed by atoms with E-state index in [9.17, 15) is 5.11 Å². The minimum atomic E-state index is 0.326. The molecule has 0 fully saturated rings. The van der Waals surface area contributed by atoms with Gasteiger partial charge in [-0.2, -0.15) is 5.10 Å². The van der Waals surface area contributed by atoms with Gasteiger partial charge in [-0.25, -0.2) is 0 Å². The molecule has 0 bridgehead atoms. The van der Waals surface area contributed by atoms with Gasteiger partial charge in [0.1, 0.15) is 5.69 Å². The second-order valence-corrected chi connectivity index (χ2v) is 4.09. The van der Waals surface area contributed by atoms with Crippen LogP contribution in [0.2, 0.25) is 0 Å². The van der Waals surface area contributed by atoms with Crippen LogP contribution in [0, 0.1) is 0 Å². The first-order chi connectivity index (χ1) is 8.27. The fourth-order valence-corrected chi connectivity index (χ4v) is 2.02. The van der Waals surface area contributed by atoms with Crippen LogP contribution in [-0.4, -0.2) is 14.9 Å². The van der Waals surface area contributed by atoms with Crippen molar-refractivity contribution >= 4 is 0 Å². The largest absolute Gasteiger partial charge is 0.504 e. The Labute approximate surface area is 102 Å². The van der Waals surface area contributed by atoms with E-state index in [1.54, 1.807) is 0 Å². The predicted octanol–water partition coefficient (Wildman–Crippen LogP) is 3.23. The molecule has 2 rings (SSSR count). The third-order valence-electron chi connectivity index (χ3n) is 2.85. The van der Waals surface area contributed by atoms with Crippen molar-refractivity contribution in [1.29, 1.82) is 0 Å². The molecule has 0 saturated carbocycles. The van der Waals surface area contributed by atoms with E-state index in [1.807, 2.05) is 41.9 Å². The summed E-state index contributed by atoms with van der Waals surface area (Å²) in [6.07, 6.45) is 1.81. The molecule has 2 aromatic rings. The Bertz CT molecular complexity index is 488. The second-order valence-electron chi connectivity index (χ2n) is 4.09. The maximum absolute atomic E-state index is 10.2. The number of hydrogen-bond acceptors (Lipinski definition) is 2. The Balaban J connectivity index is 2.49. The summed E-state index contributed by atoms with van der Waals surface area (Å²) in [5.41, 5.74) is 2.58. The summed E-state index contributed by atoms with van der Waals surface area (Å²) >= 11 is 0. The Morgan fingerprint density at radius 2 is 1.88 bits per heavy atom. The van der Waals surface area contributed by atoms with Crippen molar-refractivity contribution in [2.24, 2.45) is 0 Å². The van der Waals surface area contributed by atoms with Crippen molar-refractivity contribution in [3.05, 3.63) is 36.0 Å². The molecule has 90 valence electrons. The maximum Gasteiger partial charge on any atom is 0.164 e. The zero-order valence-corrected chi connectivity index (χ0v) is 10.3. The van der Waals surface area contributed by atoms with Gasteiger partial charge in [0.25, 0.3) is 0 Å². The number of benzene rings is 1. The summed E-state index contributed by atoms with van der Waals surface area (Å²) in [4.78, 5) is 0. The number of hydrogen-bond donors (Lipinski definition) is 1. The molecule has 1 N–H and O–H groups in total. The van der Waals surface area contributed by atoms with Gasteiger partial charge in [0.05, 0.1) is 5.69 Å². The van der Waals surface area contributed by atoms with Crippen LogP contribution in [0.15, 0.2) is 30.3 Å². The van der Waals surface area contributed by atoms with Crippen molar-refractivity contribution in [1.82, 2.24) is 9.78 Å². The lowest BCUT2D eigenvalue weighted by atomic mass is 10.1. The van der Waals surface area contributed by atoms with Gasteiger partial charge in [-0.3, -0.25) is 4.68 Å². The average Bonchev–Trinajstić information content (AvgIpc) is 2.67. The van der Waals surface area contributed by atoms with Gasteiger partial charge in [0.15, 0.2) is 5.75 Å². The van der Waals surface area contributed by atoms with Crippen LogP contribution in [0.5, 0.6) is 5.75 Å². The van der Waals surface area contributed by atoms with Crippen LogP contribution in [0.4, 0.5) is 0 Å². The highest BCUT2D eigenvalue weighted by Gasteiger charge is 2.16. The molecule has 0 spiro atoms. The zero-order chi connectivity index (χ0) is 12.3. The molecule has 1 aromatic carbocycles. The second kappa shape index (κ2) is 5.04. The molecule has 17 heavy (non-hydrogen) atoms. The van der Waals surface area contributed by atoms with Gasteiger partial charge in [-0.05, 0) is 12.8 Å². The molecule has 0 saturated heterocycles. The molecule has 3 nitrogen and oxygen atoms in total. The van der Waals surface area contributed by atoms with Crippen molar-refractivity contribution < 1.29 is 5.11 Å². The van der Waals surface area contributed by atoms with Crippen LogP contribution in [0.3, 0.4) is 0 Å². The van der Waals surface area contributed by atoms with E-state index in [-0.39, 0.29) is 0 Å². The van der Waals surface area contributed by atoms with Crippen molar-refractivity contribution in [2.75, 3.05) is 0 Å². The van der Waals surface area contributed by atoms with Gasteiger partial charge >= 0.3 is 0 Å². The van der Waals surface area contributed by atoms with Gasteiger partial charge in [-0.15, -0.1) is 0 Å². The minimum Gasteiger partial charge on any atom is -0.504 e. The van der Waals surface area contributed by atoms with Gasteiger partial charge in [-0.1, -0.05) is 44.2 Å². The van der Waals surface area contributed by atoms with E-state index in [0.29, 0.717) is 11.4 Å². The van der Waals surface area contributed by atoms with Crippen molar-refractivity contribution in [3.63, 3.8) is 0 Å². The maximum atomic E-state index is 10.2. The number of rotatable bonds is 4. The SMILES string of the molecule is CCCn1nc(-c2ccccc2)c(O)c1CC. The van der Waals surface area contributed by atoms with Crippen LogP contribution in [0.25, 0.3) is 11.3 Å². The van der Waals surface area contributed by atoms with E-state index in [0.717, 1.165) is 30.6 Å². The van der Waals surface area contributed by atoms with Gasteiger partial charge in [0, 0.05) is 12.1 Å². The highest BCUT2D eigenvalue weighted by atomic mass is 16.3. The first-order valence-electron chi connectivity index (χ1n) is 6.12. The number of aromatic nitrogens is 2. The Morgan fingerprint density at radius 1 is 1.18 bits per heavy atom. The molecule has 3 heteroatoms. The molecular formula is C14H18N2O. The summed E-state index contributed by atoms with van der Waals surface area (Å²) in [7, 11) is 0. The summed E-state index contributed by atoms with van der Waals surface area (Å²) in [6.45, 7) is 5.00. The summed E-state index contributed by atoms with van der Waals surface area (Å²) in [5.74, 6) is 0.326. The zero-order valence-electron chi connectivity index (χ0n) is 10.3. The van der Waals surface area contributed by atoms with Gasteiger partial charge in [0.2, 0.25) is 0 Å². The Morgan fingerprint density at radius 3 is 2.47 bits per heavy atom. The topological polar surface area (TPSA) is 38.0 Å². The van der Waals surface area contributed by atoms with E-state index in [1.165, 1.54) is 0 Å². The normalized spacial score (nSPS) is 10.7. The third kappa shape index (κ3) is 2.18. The number of aromatic hydroxyl groups is 1. The number of nitrogens with zero attached hydrogens (tertiary/aromatic N) is 2. The fourth-order valence-electron chi connectivity index (χ4n) is 2.02. The molecule has 0 aliphatic heterocycles. The van der Waals surface area contributed by atoms with Crippen LogP contribution >= 0.6 is 0 Å². The quantitative estimate of drug-likeness (QED) is 0.875. The first kappa shape index (κ1) is 11.7. The van der Waals surface area contributed by atoms with Gasteiger partial charge < -0.3 is 5.11 Å². The predicted molar refractivity (Wildman–Crippen MR) is 69.0 cm³/mol. The molecule has 0 aliphatic carbocycles. The molecule has 1 aromatic heterocycles. The monoisotopic (exact) mass is 230 g/mol. The Kier molecular flexibility index (Phi) is 3.47. The average molecular weight is 230 g/mol. The van der Waals surface area contributed by atoms with Crippen LogP contribution in [-0.2, 0) is 13.0 Å².